The number of rotatable bonds is 2. The largest absolute Gasteiger partial charge is 0.444 e. The molecule has 1 heterocycles. The fraction of sp³-hybridized carbons (Fsp3) is 0.556. The lowest BCUT2D eigenvalue weighted by Gasteiger charge is -2.40. The van der Waals surface area contributed by atoms with Crippen molar-refractivity contribution in [1.82, 2.24) is 9.80 Å². The molecule has 0 spiro atoms. The van der Waals surface area contributed by atoms with Gasteiger partial charge in [-0.25, -0.2) is 4.79 Å². The molecule has 2 rings (SSSR count). The van der Waals surface area contributed by atoms with E-state index in [0.717, 1.165) is 13.1 Å². The number of nitrogens with zero attached hydrogens (tertiary/aromatic N) is 3. The first-order valence-electron chi connectivity index (χ1n) is 7.99. The summed E-state index contributed by atoms with van der Waals surface area (Å²) in [6.07, 6.45) is -0.234. The minimum Gasteiger partial charge on any atom is -0.444 e. The Bertz CT molecular complexity index is 584. The average molecular weight is 315 g/mol. The SMILES string of the molecule is C[C@@H]1CN(C(=O)OC(C)(C)C)CCN1Cc1ccc(C#N)cc1. The Morgan fingerprint density at radius 3 is 2.48 bits per heavy atom. The van der Waals surface area contributed by atoms with Gasteiger partial charge in [0.05, 0.1) is 11.6 Å². The van der Waals surface area contributed by atoms with E-state index >= 15 is 0 Å². The van der Waals surface area contributed by atoms with Crippen molar-refractivity contribution in [2.45, 2.75) is 45.9 Å². The van der Waals surface area contributed by atoms with Crippen LogP contribution in [0.4, 0.5) is 4.79 Å². The zero-order valence-corrected chi connectivity index (χ0v) is 14.4. The number of nitriles is 1. The van der Waals surface area contributed by atoms with E-state index in [1.165, 1.54) is 5.56 Å². The van der Waals surface area contributed by atoms with Crippen LogP contribution in [0.2, 0.25) is 0 Å². The number of carbonyl (C=O) groups excluding carboxylic acids is 1. The van der Waals surface area contributed by atoms with Gasteiger partial charge in [-0.15, -0.1) is 0 Å². The second-order valence-electron chi connectivity index (χ2n) is 7.05. The summed E-state index contributed by atoms with van der Waals surface area (Å²) in [4.78, 5) is 16.3. The summed E-state index contributed by atoms with van der Waals surface area (Å²) in [7, 11) is 0. The van der Waals surface area contributed by atoms with Gasteiger partial charge in [0.1, 0.15) is 5.60 Å². The van der Waals surface area contributed by atoms with Crippen molar-refractivity contribution < 1.29 is 9.53 Å². The summed E-state index contributed by atoms with van der Waals surface area (Å²) in [6.45, 7) is 10.8. The maximum absolute atomic E-state index is 12.1. The van der Waals surface area contributed by atoms with Crippen LogP contribution in [0.3, 0.4) is 0 Å². The molecule has 23 heavy (non-hydrogen) atoms. The summed E-state index contributed by atoms with van der Waals surface area (Å²) in [5.74, 6) is 0. The van der Waals surface area contributed by atoms with Crippen LogP contribution in [-0.2, 0) is 11.3 Å². The van der Waals surface area contributed by atoms with Crippen LogP contribution in [0.1, 0.15) is 38.8 Å². The molecular weight excluding hydrogens is 290 g/mol. The van der Waals surface area contributed by atoms with Crippen molar-refractivity contribution in [1.29, 1.82) is 5.26 Å². The van der Waals surface area contributed by atoms with Crippen molar-refractivity contribution in [2.75, 3.05) is 19.6 Å². The van der Waals surface area contributed by atoms with Crippen LogP contribution < -0.4 is 0 Å². The average Bonchev–Trinajstić information content (AvgIpc) is 2.48. The standard InChI is InChI=1S/C18H25N3O2/c1-14-12-21(17(22)23-18(2,3)4)10-9-20(14)13-16-7-5-15(11-19)6-8-16/h5-8,14H,9-10,12-13H2,1-4H3/t14-/m1/s1. The molecule has 5 nitrogen and oxygen atoms in total. The van der Waals surface area contributed by atoms with Crippen LogP contribution in [0.15, 0.2) is 24.3 Å². The van der Waals surface area contributed by atoms with Gasteiger partial charge in [0, 0.05) is 32.2 Å². The van der Waals surface area contributed by atoms with E-state index in [0.29, 0.717) is 18.7 Å². The predicted molar refractivity (Wildman–Crippen MR) is 88.8 cm³/mol. The molecule has 1 aliphatic rings. The van der Waals surface area contributed by atoms with Gasteiger partial charge in [0.2, 0.25) is 0 Å². The highest BCUT2D eigenvalue weighted by Gasteiger charge is 2.29. The maximum Gasteiger partial charge on any atom is 0.410 e. The number of ether oxygens (including phenoxy) is 1. The van der Waals surface area contributed by atoms with Crippen molar-refractivity contribution in [3.63, 3.8) is 0 Å². The molecule has 1 aromatic rings. The first-order chi connectivity index (χ1) is 10.8. The molecule has 1 aliphatic heterocycles. The Kier molecular flexibility index (Phi) is 5.27. The molecule has 0 aromatic heterocycles. The van der Waals surface area contributed by atoms with E-state index in [1.807, 2.05) is 45.0 Å². The number of benzene rings is 1. The first kappa shape index (κ1) is 17.3. The lowest BCUT2D eigenvalue weighted by atomic mass is 10.1. The minimum atomic E-state index is -0.458. The topological polar surface area (TPSA) is 56.6 Å². The molecule has 0 radical (unpaired) electrons. The second kappa shape index (κ2) is 7.01. The molecule has 1 aromatic carbocycles. The summed E-state index contributed by atoms with van der Waals surface area (Å²) in [5, 5.41) is 8.84. The molecule has 1 saturated heterocycles. The van der Waals surface area contributed by atoms with Crippen LogP contribution >= 0.6 is 0 Å². The van der Waals surface area contributed by atoms with Crippen molar-refractivity contribution in [3.05, 3.63) is 35.4 Å². The molecule has 0 unspecified atom stereocenters. The van der Waals surface area contributed by atoms with E-state index in [4.69, 9.17) is 10.00 Å². The number of carbonyl (C=O) groups is 1. The minimum absolute atomic E-state index is 0.234. The van der Waals surface area contributed by atoms with Crippen molar-refractivity contribution in [2.24, 2.45) is 0 Å². The fourth-order valence-electron chi connectivity index (χ4n) is 2.64. The fourth-order valence-corrected chi connectivity index (χ4v) is 2.64. The summed E-state index contributed by atoms with van der Waals surface area (Å²) < 4.78 is 5.44. The Morgan fingerprint density at radius 2 is 1.96 bits per heavy atom. The molecule has 124 valence electrons. The highest BCUT2D eigenvalue weighted by atomic mass is 16.6. The normalized spacial score (nSPS) is 19.3. The predicted octanol–water partition coefficient (Wildman–Crippen LogP) is 3.00. The van der Waals surface area contributed by atoms with Gasteiger partial charge < -0.3 is 9.64 Å². The third kappa shape index (κ3) is 4.97. The second-order valence-corrected chi connectivity index (χ2v) is 7.05. The summed E-state index contributed by atoms with van der Waals surface area (Å²) >= 11 is 0. The molecule has 5 heteroatoms. The summed E-state index contributed by atoms with van der Waals surface area (Å²) in [5.41, 5.74) is 1.40. The van der Waals surface area contributed by atoms with E-state index in [-0.39, 0.29) is 12.1 Å². The lowest BCUT2D eigenvalue weighted by Crippen LogP contribution is -2.54. The Morgan fingerprint density at radius 1 is 1.30 bits per heavy atom. The van der Waals surface area contributed by atoms with Crippen LogP contribution in [0.25, 0.3) is 0 Å². The van der Waals surface area contributed by atoms with Crippen LogP contribution in [0.5, 0.6) is 0 Å². The van der Waals surface area contributed by atoms with Crippen LogP contribution in [-0.4, -0.2) is 47.2 Å². The molecule has 1 amide bonds. The first-order valence-corrected chi connectivity index (χ1v) is 7.99. The number of amides is 1. The Hall–Kier alpha value is -2.06. The molecule has 1 atom stereocenters. The zero-order chi connectivity index (χ0) is 17.0. The van der Waals surface area contributed by atoms with Gasteiger partial charge >= 0.3 is 6.09 Å². The van der Waals surface area contributed by atoms with Gasteiger partial charge in [-0.05, 0) is 45.4 Å². The number of hydrogen-bond acceptors (Lipinski definition) is 4. The van der Waals surface area contributed by atoms with Gasteiger partial charge in [-0.3, -0.25) is 4.90 Å². The quantitative estimate of drug-likeness (QED) is 0.842. The number of piperazine rings is 1. The molecule has 0 saturated carbocycles. The molecular formula is C18H25N3O2. The van der Waals surface area contributed by atoms with Gasteiger partial charge in [-0.2, -0.15) is 5.26 Å². The Balaban J connectivity index is 1.91. The van der Waals surface area contributed by atoms with E-state index in [1.54, 1.807) is 4.90 Å². The van der Waals surface area contributed by atoms with E-state index < -0.39 is 5.60 Å². The summed E-state index contributed by atoms with van der Waals surface area (Å²) in [6, 6.07) is 10.1. The number of hydrogen-bond donors (Lipinski definition) is 0. The highest BCUT2D eigenvalue weighted by molar-refractivity contribution is 5.68. The zero-order valence-electron chi connectivity index (χ0n) is 14.4. The van der Waals surface area contributed by atoms with Gasteiger partial charge in [-0.1, -0.05) is 12.1 Å². The van der Waals surface area contributed by atoms with E-state index in [9.17, 15) is 4.79 Å². The molecule has 0 aliphatic carbocycles. The van der Waals surface area contributed by atoms with Crippen LogP contribution in [0, 0.1) is 11.3 Å². The van der Waals surface area contributed by atoms with Gasteiger partial charge in [0.25, 0.3) is 0 Å². The third-order valence-electron chi connectivity index (χ3n) is 3.89. The van der Waals surface area contributed by atoms with E-state index in [2.05, 4.69) is 17.9 Å². The van der Waals surface area contributed by atoms with Crippen molar-refractivity contribution >= 4 is 6.09 Å². The molecule has 0 bridgehead atoms. The van der Waals surface area contributed by atoms with Gasteiger partial charge in [0.15, 0.2) is 0 Å². The lowest BCUT2D eigenvalue weighted by molar-refractivity contribution is 0.00461. The highest BCUT2D eigenvalue weighted by Crippen LogP contribution is 2.17. The molecule has 1 fully saturated rings. The van der Waals surface area contributed by atoms with Crippen molar-refractivity contribution in [3.8, 4) is 6.07 Å². The molecule has 0 N–H and O–H groups in total. The maximum atomic E-state index is 12.1. The smallest absolute Gasteiger partial charge is 0.410 e. The third-order valence-corrected chi connectivity index (χ3v) is 3.89. The monoisotopic (exact) mass is 315 g/mol. The Labute approximate surface area is 138 Å².